The van der Waals surface area contributed by atoms with Crippen LogP contribution >= 0.6 is 27.7 Å². The van der Waals surface area contributed by atoms with Gasteiger partial charge in [0, 0.05) is 10.0 Å². The SMILES string of the molecule is CCOc1ccc(N=C2NC(=O)/C(=C\c3cc(OC)c(OCc4ccccc4F)cc3Br)S2)cc1. The largest absolute Gasteiger partial charge is 0.494 e. The number of halogens is 2. The van der Waals surface area contributed by atoms with E-state index in [-0.39, 0.29) is 18.3 Å². The molecule has 0 unspecified atom stereocenters. The second-order valence-electron chi connectivity index (χ2n) is 7.31. The summed E-state index contributed by atoms with van der Waals surface area (Å²) in [5.41, 5.74) is 1.87. The van der Waals surface area contributed by atoms with Crippen molar-refractivity contribution in [3.8, 4) is 17.2 Å². The lowest BCUT2D eigenvalue weighted by atomic mass is 10.1. The second kappa shape index (κ2) is 11.4. The Balaban J connectivity index is 1.51. The molecule has 0 saturated carbocycles. The number of thioether (sulfide) groups is 1. The first-order chi connectivity index (χ1) is 17.0. The Morgan fingerprint density at radius 2 is 1.86 bits per heavy atom. The summed E-state index contributed by atoms with van der Waals surface area (Å²) in [7, 11) is 1.52. The van der Waals surface area contributed by atoms with Gasteiger partial charge in [-0.3, -0.25) is 4.79 Å². The third-order valence-corrected chi connectivity index (χ3v) is 6.54. The number of aliphatic imine (C=N–C) groups is 1. The molecule has 1 amide bonds. The first kappa shape index (κ1) is 24.8. The molecule has 6 nitrogen and oxygen atoms in total. The molecule has 35 heavy (non-hydrogen) atoms. The fourth-order valence-electron chi connectivity index (χ4n) is 3.23. The number of rotatable bonds is 8. The molecule has 3 aromatic carbocycles. The summed E-state index contributed by atoms with van der Waals surface area (Å²) >= 11 is 4.77. The Labute approximate surface area is 215 Å². The summed E-state index contributed by atoms with van der Waals surface area (Å²) in [5, 5.41) is 3.27. The molecule has 3 aromatic rings. The number of ether oxygens (including phenoxy) is 3. The van der Waals surface area contributed by atoms with E-state index < -0.39 is 0 Å². The maximum absolute atomic E-state index is 13.9. The topological polar surface area (TPSA) is 69.2 Å². The number of amides is 1. The summed E-state index contributed by atoms with van der Waals surface area (Å²) in [6.07, 6.45) is 1.74. The van der Waals surface area contributed by atoms with Gasteiger partial charge < -0.3 is 19.5 Å². The number of hydrogen-bond acceptors (Lipinski definition) is 6. The summed E-state index contributed by atoms with van der Waals surface area (Å²) in [4.78, 5) is 17.5. The number of hydrogen-bond donors (Lipinski definition) is 1. The lowest BCUT2D eigenvalue weighted by Gasteiger charge is -2.13. The van der Waals surface area contributed by atoms with Gasteiger partial charge in [0.1, 0.15) is 18.2 Å². The van der Waals surface area contributed by atoms with Gasteiger partial charge in [0.25, 0.3) is 5.91 Å². The minimum absolute atomic E-state index is 0.0551. The zero-order valence-electron chi connectivity index (χ0n) is 19.0. The molecule has 1 aliphatic heterocycles. The Morgan fingerprint density at radius 1 is 1.09 bits per heavy atom. The molecule has 0 aromatic heterocycles. The summed E-state index contributed by atoms with van der Waals surface area (Å²) in [5.74, 6) is 1.10. The molecule has 0 spiro atoms. The molecule has 0 bridgehead atoms. The maximum Gasteiger partial charge on any atom is 0.264 e. The third-order valence-electron chi connectivity index (χ3n) is 4.94. The van der Waals surface area contributed by atoms with E-state index in [1.807, 2.05) is 31.2 Å². The molecule has 1 aliphatic rings. The van der Waals surface area contributed by atoms with E-state index in [9.17, 15) is 9.18 Å². The first-order valence-electron chi connectivity index (χ1n) is 10.7. The molecule has 0 atom stereocenters. The summed E-state index contributed by atoms with van der Waals surface area (Å²) in [6.45, 7) is 2.57. The van der Waals surface area contributed by atoms with Crippen molar-refractivity contribution in [3.05, 3.63) is 87.0 Å². The lowest BCUT2D eigenvalue weighted by Crippen LogP contribution is -2.19. The third kappa shape index (κ3) is 6.23. The van der Waals surface area contributed by atoms with Crippen LogP contribution in [0.1, 0.15) is 18.1 Å². The van der Waals surface area contributed by atoms with Gasteiger partial charge in [0.2, 0.25) is 0 Å². The molecular weight excluding hydrogens is 535 g/mol. The van der Waals surface area contributed by atoms with Gasteiger partial charge in [-0.1, -0.05) is 34.1 Å². The number of nitrogens with one attached hydrogen (secondary N) is 1. The van der Waals surface area contributed by atoms with Crippen molar-refractivity contribution >= 4 is 50.5 Å². The highest BCUT2D eigenvalue weighted by atomic mass is 79.9. The Kier molecular flexibility index (Phi) is 8.09. The van der Waals surface area contributed by atoms with Gasteiger partial charge in [-0.15, -0.1) is 0 Å². The van der Waals surface area contributed by atoms with E-state index in [0.29, 0.717) is 43.9 Å². The second-order valence-corrected chi connectivity index (χ2v) is 9.20. The molecule has 9 heteroatoms. The minimum atomic E-state index is -0.334. The first-order valence-corrected chi connectivity index (χ1v) is 12.3. The van der Waals surface area contributed by atoms with Gasteiger partial charge in [0.05, 0.1) is 24.3 Å². The van der Waals surface area contributed by atoms with Crippen LogP contribution < -0.4 is 19.5 Å². The van der Waals surface area contributed by atoms with Crippen LogP contribution in [-0.4, -0.2) is 24.8 Å². The quantitative estimate of drug-likeness (QED) is 0.322. The average Bonchev–Trinajstić information content (AvgIpc) is 3.19. The standard InChI is InChI=1S/C26H22BrFN2O4S/c1-3-33-19-10-8-18(9-11-19)29-26-30-25(31)24(35-26)13-17-12-22(32-2)23(14-20(17)27)34-15-16-6-4-5-7-21(16)28/h4-14H,3,15H2,1-2H3,(H,29,30,31)/b24-13+. The number of carbonyl (C=O) groups excluding carboxylic acids is 1. The van der Waals surface area contributed by atoms with Crippen LogP contribution in [0, 0.1) is 5.82 Å². The molecule has 1 N–H and O–H groups in total. The number of methoxy groups -OCH3 is 1. The summed E-state index contributed by atoms with van der Waals surface area (Å²) < 4.78 is 31.3. The highest BCUT2D eigenvalue weighted by Crippen LogP contribution is 2.37. The smallest absolute Gasteiger partial charge is 0.264 e. The van der Waals surface area contributed by atoms with Crippen molar-refractivity contribution in [3.63, 3.8) is 0 Å². The van der Waals surface area contributed by atoms with Crippen LogP contribution in [-0.2, 0) is 11.4 Å². The molecule has 0 radical (unpaired) electrons. The zero-order valence-corrected chi connectivity index (χ0v) is 21.4. The average molecular weight is 557 g/mol. The van der Waals surface area contributed by atoms with E-state index in [1.54, 1.807) is 36.4 Å². The van der Waals surface area contributed by atoms with Crippen LogP contribution in [0.25, 0.3) is 6.08 Å². The van der Waals surface area contributed by atoms with Crippen molar-refractivity contribution in [1.82, 2.24) is 5.32 Å². The molecule has 1 heterocycles. The number of amidine groups is 1. The van der Waals surface area contributed by atoms with Gasteiger partial charge in [-0.2, -0.15) is 0 Å². The normalized spacial score (nSPS) is 15.4. The number of nitrogens with zero attached hydrogens (tertiary/aromatic N) is 1. The highest BCUT2D eigenvalue weighted by Gasteiger charge is 2.24. The van der Waals surface area contributed by atoms with Gasteiger partial charge in [-0.25, -0.2) is 9.38 Å². The minimum Gasteiger partial charge on any atom is -0.494 e. The number of carbonyl (C=O) groups is 1. The van der Waals surface area contributed by atoms with Crippen LogP contribution in [0.15, 0.2) is 75.0 Å². The van der Waals surface area contributed by atoms with Crippen LogP contribution in [0.2, 0.25) is 0 Å². The van der Waals surface area contributed by atoms with E-state index in [2.05, 4.69) is 26.2 Å². The monoisotopic (exact) mass is 556 g/mol. The van der Waals surface area contributed by atoms with Gasteiger partial charge in [0.15, 0.2) is 16.7 Å². The molecule has 4 rings (SSSR count). The fourth-order valence-corrected chi connectivity index (χ4v) is 4.50. The highest BCUT2D eigenvalue weighted by molar-refractivity contribution is 9.10. The van der Waals surface area contributed by atoms with Crippen molar-refractivity contribution in [2.75, 3.05) is 13.7 Å². The predicted octanol–water partition coefficient (Wildman–Crippen LogP) is 6.47. The van der Waals surface area contributed by atoms with Crippen LogP contribution in [0.3, 0.4) is 0 Å². The van der Waals surface area contributed by atoms with Crippen LogP contribution in [0.4, 0.5) is 10.1 Å². The van der Waals surface area contributed by atoms with Crippen molar-refractivity contribution in [1.29, 1.82) is 0 Å². The van der Waals surface area contributed by atoms with Crippen LogP contribution in [0.5, 0.6) is 17.2 Å². The molecule has 1 fully saturated rings. The Morgan fingerprint density at radius 3 is 2.57 bits per heavy atom. The lowest BCUT2D eigenvalue weighted by molar-refractivity contribution is -0.115. The van der Waals surface area contributed by atoms with E-state index >= 15 is 0 Å². The van der Waals surface area contributed by atoms with Gasteiger partial charge in [-0.05, 0) is 72.8 Å². The maximum atomic E-state index is 13.9. The Bertz CT molecular complexity index is 1300. The van der Waals surface area contributed by atoms with Gasteiger partial charge >= 0.3 is 0 Å². The molecular formula is C26H22BrFN2O4S. The van der Waals surface area contributed by atoms with E-state index in [0.717, 1.165) is 11.3 Å². The molecule has 0 aliphatic carbocycles. The summed E-state index contributed by atoms with van der Waals surface area (Å²) in [6, 6.07) is 17.2. The predicted molar refractivity (Wildman–Crippen MR) is 140 cm³/mol. The van der Waals surface area contributed by atoms with E-state index in [4.69, 9.17) is 14.2 Å². The Hall–Kier alpha value is -3.30. The molecule has 180 valence electrons. The van der Waals surface area contributed by atoms with E-state index in [1.165, 1.54) is 24.9 Å². The van der Waals surface area contributed by atoms with Crippen molar-refractivity contribution in [2.24, 2.45) is 4.99 Å². The molecule has 1 saturated heterocycles. The number of benzene rings is 3. The van der Waals surface area contributed by atoms with Crippen molar-refractivity contribution < 1.29 is 23.4 Å². The van der Waals surface area contributed by atoms with Crippen molar-refractivity contribution in [2.45, 2.75) is 13.5 Å². The fraction of sp³-hybridized carbons (Fsp3) is 0.154. The zero-order chi connectivity index (χ0) is 24.8.